The summed E-state index contributed by atoms with van der Waals surface area (Å²) in [7, 11) is 0. The third kappa shape index (κ3) is 13.0. The van der Waals surface area contributed by atoms with Gasteiger partial charge < -0.3 is 5.32 Å². The lowest BCUT2D eigenvalue weighted by Gasteiger charge is -2.15. The van der Waals surface area contributed by atoms with E-state index < -0.39 is 0 Å². The molecule has 0 heterocycles. The Morgan fingerprint density at radius 1 is 0.533 bits per heavy atom. The van der Waals surface area contributed by atoms with Gasteiger partial charge >= 0.3 is 0 Å². The van der Waals surface area contributed by atoms with Crippen LogP contribution in [0.2, 0.25) is 0 Å². The van der Waals surface area contributed by atoms with Crippen molar-refractivity contribution in [2.45, 2.75) is 53.9 Å². The molecule has 8 rings (SSSR count). The van der Waals surface area contributed by atoms with Gasteiger partial charge in [0.15, 0.2) is 0 Å². The van der Waals surface area contributed by atoms with Crippen LogP contribution in [0.3, 0.4) is 0 Å². The van der Waals surface area contributed by atoms with E-state index >= 15 is 0 Å². The molecule has 0 fully saturated rings. The molecule has 1 nitrogen and oxygen atoms in total. The first-order valence-corrected chi connectivity index (χ1v) is 22.2. The maximum Gasteiger partial charge on any atom is 0.0379 e. The van der Waals surface area contributed by atoms with Crippen molar-refractivity contribution in [3.63, 3.8) is 0 Å². The van der Waals surface area contributed by atoms with Crippen molar-refractivity contribution in [1.82, 2.24) is 5.32 Å². The normalized spacial score (nSPS) is 11.7. The topological polar surface area (TPSA) is 12.0 Å². The molecule has 0 spiro atoms. The lowest BCUT2D eigenvalue weighted by molar-refractivity contribution is 0.854. The highest BCUT2D eigenvalue weighted by Crippen LogP contribution is 2.34. The van der Waals surface area contributed by atoms with Crippen LogP contribution in [0.4, 0.5) is 0 Å². The Morgan fingerprint density at radius 2 is 1.02 bits per heavy atom. The van der Waals surface area contributed by atoms with E-state index in [1.54, 1.807) is 6.26 Å². The van der Waals surface area contributed by atoms with Crippen LogP contribution >= 0.6 is 12.6 Å². The first-order chi connectivity index (χ1) is 29.5. The summed E-state index contributed by atoms with van der Waals surface area (Å²) in [4.78, 5) is 0. The molecule has 0 saturated carbocycles. The third-order valence-corrected chi connectivity index (χ3v) is 10.5. The van der Waals surface area contributed by atoms with Gasteiger partial charge in [-0.25, -0.2) is 0 Å². The summed E-state index contributed by atoms with van der Waals surface area (Å²) in [5.41, 5.74) is 19.3. The molecule has 1 aliphatic carbocycles. The quantitative estimate of drug-likeness (QED) is 0.131. The molecule has 0 radical (unpaired) electrons. The Balaban J connectivity index is 0.000000212. The summed E-state index contributed by atoms with van der Waals surface area (Å²) in [5.74, 6) is 0. The van der Waals surface area contributed by atoms with E-state index in [9.17, 15) is 0 Å². The maximum absolute atomic E-state index is 3.69. The zero-order valence-corrected chi connectivity index (χ0v) is 37.2. The average Bonchev–Trinajstić information content (AvgIpc) is 3.32. The van der Waals surface area contributed by atoms with Gasteiger partial charge in [-0.15, -0.1) is 0 Å². The van der Waals surface area contributed by atoms with E-state index in [4.69, 9.17) is 0 Å². The van der Waals surface area contributed by atoms with Crippen molar-refractivity contribution >= 4 is 18.3 Å². The number of aryl methyl sites for hydroxylation is 3. The van der Waals surface area contributed by atoms with Crippen LogP contribution in [0.15, 0.2) is 206 Å². The van der Waals surface area contributed by atoms with Gasteiger partial charge in [-0.3, -0.25) is 0 Å². The standard InChI is InChI=1S/C29H29N.C26H22.C2H6.CH4S/c1-23-15-18-26(19-16-23)28-14-8-11-24(21-28)17-20-29(27-12-6-3-7-13-27)30-22-25-9-4-2-5-10-25;1-19-13-15-23(21-9-5-3-6-10-21)17-25(19)26-18-24(16-14-20(26)2)22-11-7-4-8-12-22;2*1-2/h2-4,6-9,11-16,18-21,30H,5,10,17,22H2,1H3;3-18H,1-2H3;1-2H3;2H,1H3/b29-20-;;;. The van der Waals surface area contributed by atoms with E-state index in [-0.39, 0.29) is 0 Å². The Labute approximate surface area is 366 Å². The second-order valence-electron chi connectivity index (χ2n) is 14.7. The SMILES string of the molecule is CC.CS.Cc1ccc(-c2cccc(C/C=C(\NCC3=CC=CCC3)c3ccccc3)c2)cc1.Cc1ccc(-c2ccccc2)cc1-c1cc(-c2ccccc2)ccc1C. The summed E-state index contributed by atoms with van der Waals surface area (Å²) in [6.07, 6.45) is 13.8. The fourth-order valence-corrected chi connectivity index (χ4v) is 7.21. The zero-order valence-electron chi connectivity index (χ0n) is 36.3. The molecule has 0 amide bonds. The van der Waals surface area contributed by atoms with Gasteiger partial charge in [0.2, 0.25) is 0 Å². The van der Waals surface area contributed by atoms with Crippen LogP contribution in [0.5, 0.6) is 0 Å². The Bertz CT molecular complexity index is 2350. The number of nitrogens with one attached hydrogen (secondary N) is 1. The lowest BCUT2D eigenvalue weighted by atomic mass is 9.90. The Kier molecular flexibility index (Phi) is 18.1. The Morgan fingerprint density at radius 3 is 1.55 bits per heavy atom. The molecule has 0 aliphatic heterocycles. The van der Waals surface area contributed by atoms with Crippen molar-refractivity contribution < 1.29 is 0 Å². The van der Waals surface area contributed by atoms with Crippen molar-refractivity contribution in [3.8, 4) is 44.5 Å². The second-order valence-corrected chi connectivity index (χ2v) is 14.7. The van der Waals surface area contributed by atoms with Crippen molar-refractivity contribution in [3.05, 3.63) is 234 Å². The van der Waals surface area contributed by atoms with Gasteiger partial charge in [-0.1, -0.05) is 213 Å². The first kappa shape index (κ1) is 45.0. The molecule has 60 heavy (non-hydrogen) atoms. The first-order valence-electron chi connectivity index (χ1n) is 21.3. The molecular weight excluding hydrogens is 743 g/mol. The minimum atomic E-state index is 0.897. The van der Waals surface area contributed by atoms with Crippen LogP contribution < -0.4 is 5.32 Å². The fraction of sp³-hybridized carbons (Fsp3) is 0.172. The van der Waals surface area contributed by atoms with Gasteiger partial charge in [0.1, 0.15) is 0 Å². The minimum absolute atomic E-state index is 0.897. The average molecular weight is 804 g/mol. The van der Waals surface area contributed by atoms with Crippen LogP contribution in [-0.4, -0.2) is 12.8 Å². The highest BCUT2D eigenvalue weighted by molar-refractivity contribution is 7.79. The van der Waals surface area contributed by atoms with E-state index in [1.807, 2.05) is 13.8 Å². The zero-order chi connectivity index (χ0) is 42.5. The number of rotatable bonds is 10. The van der Waals surface area contributed by atoms with Crippen LogP contribution in [0, 0.1) is 20.8 Å². The molecule has 0 bridgehead atoms. The molecule has 304 valence electrons. The predicted octanol–water partition coefficient (Wildman–Crippen LogP) is 16.0. The molecule has 0 saturated heterocycles. The van der Waals surface area contributed by atoms with Crippen LogP contribution in [0.1, 0.15) is 54.5 Å². The van der Waals surface area contributed by atoms with Crippen LogP contribution in [0.25, 0.3) is 50.2 Å². The highest BCUT2D eigenvalue weighted by Gasteiger charge is 2.10. The van der Waals surface area contributed by atoms with E-state index in [2.05, 4.69) is 239 Å². The number of hydrogen-bond donors (Lipinski definition) is 2. The molecule has 2 heteroatoms. The van der Waals surface area contributed by atoms with Gasteiger partial charge in [0.05, 0.1) is 0 Å². The highest BCUT2D eigenvalue weighted by atomic mass is 32.1. The summed E-state index contributed by atoms with van der Waals surface area (Å²) >= 11 is 3.53. The Hall–Kier alpha value is -6.09. The molecule has 7 aromatic carbocycles. The van der Waals surface area contributed by atoms with E-state index in [1.165, 1.54) is 83.6 Å². The van der Waals surface area contributed by atoms with Gasteiger partial charge in [-0.05, 0) is 125 Å². The predicted molar refractivity (Wildman–Crippen MR) is 268 cm³/mol. The van der Waals surface area contributed by atoms with Crippen molar-refractivity contribution in [2.75, 3.05) is 12.8 Å². The monoisotopic (exact) mass is 803 g/mol. The van der Waals surface area contributed by atoms with Crippen molar-refractivity contribution in [2.24, 2.45) is 0 Å². The molecular formula is C58H61NS. The third-order valence-electron chi connectivity index (χ3n) is 10.5. The summed E-state index contributed by atoms with van der Waals surface area (Å²) in [6, 6.07) is 62.9. The molecule has 1 aliphatic rings. The van der Waals surface area contributed by atoms with E-state index in [0.29, 0.717) is 0 Å². The fourth-order valence-electron chi connectivity index (χ4n) is 7.21. The summed E-state index contributed by atoms with van der Waals surface area (Å²) < 4.78 is 0. The van der Waals surface area contributed by atoms with Gasteiger partial charge in [0, 0.05) is 12.2 Å². The molecule has 0 atom stereocenters. The largest absolute Gasteiger partial charge is 0.381 e. The number of benzene rings is 7. The smallest absolute Gasteiger partial charge is 0.0379 e. The summed E-state index contributed by atoms with van der Waals surface area (Å²) in [6.45, 7) is 11.4. The summed E-state index contributed by atoms with van der Waals surface area (Å²) in [5, 5.41) is 3.69. The number of allylic oxidation sites excluding steroid dienone is 4. The lowest BCUT2D eigenvalue weighted by Crippen LogP contribution is -2.16. The second kappa shape index (κ2) is 24.1. The van der Waals surface area contributed by atoms with Gasteiger partial charge in [-0.2, -0.15) is 12.6 Å². The minimum Gasteiger partial charge on any atom is -0.381 e. The van der Waals surface area contributed by atoms with Crippen molar-refractivity contribution in [1.29, 1.82) is 0 Å². The number of thiol groups is 1. The number of hydrogen-bond acceptors (Lipinski definition) is 2. The molecule has 0 aromatic heterocycles. The molecule has 7 aromatic rings. The van der Waals surface area contributed by atoms with Gasteiger partial charge in [0.25, 0.3) is 0 Å². The van der Waals surface area contributed by atoms with E-state index in [0.717, 1.165) is 25.8 Å². The maximum atomic E-state index is 3.69. The molecule has 0 unspecified atom stereocenters. The van der Waals surface area contributed by atoms with Crippen LogP contribution in [-0.2, 0) is 6.42 Å². The molecule has 1 N–H and O–H groups in total.